The Morgan fingerprint density at radius 2 is 1.10 bits per heavy atom. The van der Waals surface area contributed by atoms with Crippen LogP contribution in [0.3, 0.4) is 0 Å². The first-order valence-electron chi connectivity index (χ1n) is 10.2. The standard InChI is InChI=1S/C23H22N2O5/c26-19-15(22(29)13-7-3-5-11-17(13)24-20(22)27)9-1-2-10-16(19)23(30)14-8-4-6-12-18(14)25-21(23)28/h3-8,11-12,15-16,29-30H,1-2,9-10H2,(H,24,27)(H,25,28)/t15-,16-,22-,23+/m1/s1. The minimum atomic E-state index is -2.03. The number of hydrogen-bond acceptors (Lipinski definition) is 5. The number of nitrogens with one attached hydrogen (secondary N) is 2. The quantitative estimate of drug-likeness (QED) is 0.570. The number of aliphatic hydroxyl groups is 2. The molecule has 4 atom stereocenters. The summed E-state index contributed by atoms with van der Waals surface area (Å²) in [5.41, 5.74) is -2.39. The summed E-state index contributed by atoms with van der Waals surface area (Å²) in [6.07, 6.45) is 1.80. The fourth-order valence-electron chi connectivity index (χ4n) is 5.27. The summed E-state index contributed by atoms with van der Waals surface area (Å²) < 4.78 is 0. The van der Waals surface area contributed by atoms with Gasteiger partial charge >= 0.3 is 0 Å². The van der Waals surface area contributed by atoms with Crippen LogP contribution in [0, 0.1) is 11.8 Å². The van der Waals surface area contributed by atoms with E-state index in [1.165, 1.54) is 0 Å². The molecule has 154 valence electrons. The van der Waals surface area contributed by atoms with E-state index in [9.17, 15) is 24.6 Å². The Hall–Kier alpha value is -3.03. The molecule has 0 aromatic heterocycles. The number of benzene rings is 2. The van der Waals surface area contributed by atoms with Crippen molar-refractivity contribution >= 4 is 29.0 Å². The lowest BCUT2D eigenvalue weighted by Crippen LogP contribution is -2.52. The summed E-state index contributed by atoms with van der Waals surface area (Å²) in [5, 5.41) is 28.4. The lowest BCUT2D eigenvalue weighted by molar-refractivity contribution is -0.159. The summed E-state index contributed by atoms with van der Waals surface area (Å²) >= 11 is 0. The first-order chi connectivity index (χ1) is 14.4. The van der Waals surface area contributed by atoms with Crippen molar-refractivity contribution in [2.75, 3.05) is 10.6 Å². The van der Waals surface area contributed by atoms with Gasteiger partial charge < -0.3 is 20.8 Å². The highest BCUT2D eigenvalue weighted by molar-refractivity contribution is 6.11. The zero-order valence-electron chi connectivity index (χ0n) is 16.2. The Morgan fingerprint density at radius 3 is 1.53 bits per heavy atom. The van der Waals surface area contributed by atoms with Crippen molar-refractivity contribution in [1.82, 2.24) is 0 Å². The molecule has 0 radical (unpaired) electrons. The van der Waals surface area contributed by atoms with Crippen LogP contribution in [-0.4, -0.2) is 27.8 Å². The molecule has 5 rings (SSSR count). The van der Waals surface area contributed by atoms with Crippen molar-refractivity contribution in [2.45, 2.75) is 36.9 Å². The molecule has 30 heavy (non-hydrogen) atoms. The number of carbonyl (C=O) groups is 3. The normalized spacial score (nSPS) is 32.8. The van der Waals surface area contributed by atoms with Gasteiger partial charge in [-0.15, -0.1) is 0 Å². The summed E-state index contributed by atoms with van der Waals surface area (Å²) in [5.74, 6) is -3.87. The molecular formula is C23H22N2O5. The Morgan fingerprint density at radius 1 is 0.700 bits per heavy atom. The zero-order valence-corrected chi connectivity index (χ0v) is 16.2. The van der Waals surface area contributed by atoms with E-state index in [0.717, 1.165) is 0 Å². The van der Waals surface area contributed by atoms with Crippen LogP contribution in [-0.2, 0) is 25.6 Å². The molecular weight excluding hydrogens is 384 g/mol. The lowest BCUT2D eigenvalue weighted by atomic mass is 9.70. The van der Waals surface area contributed by atoms with E-state index in [1.807, 2.05) is 0 Å². The Bertz CT molecular complexity index is 999. The molecule has 7 heteroatoms. The van der Waals surface area contributed by atoms with Crippen LogP contribution in [0.5, 0.6) is 0 Å². The SMILES string of the molecule is O=C1[C@H]([C@@]2(O)C(=O)Nc3ccccc32)CCCC[C@H]1[C@]1(O)C(=O)Nc2ccccc21. The van der Waals surface area contributed by atoms with E-state index in [4.69, 9.17) is 0 Å². The predicted octanol–water partition coefficient (Wildman–Crippen LogP) is 2.04. The van der Waals surface area contributed by atoms with Crippen molar-refractivity contribution in [2.24, 2.45) is 11.8 Å². The highest BCUT2D eigenvalue weighted by Crippen LogP contribution is 2.50. The Labute approximate surface area is 173 Å². The molecule has 0 unspecified atom stereocenters. The molecule has 1 saturated carbocycles. The Balaban J connectivity index is 1.60. The molecule has 4 N–H and O–H groups in total. The van der Waals surface area contributed by atoms with Crippen molar-refractivity contribution in [1.29, 1.82) is 0 Å². The molecule has 0 bridgehead atoms. The second kappa shape index (κ2) is 6.48. The van der Waals surface area contributed by atoms with Gasteiger partial charge in [0.25, 0.3) is 11.8 Å². The maximum Gasteiger partial charge on any atom is 0.261 e. The number of fused-ring (bicyclic) bond motifs is 2. The topological polar surface area (TPSA) is 116 Å². The molecule has 2 heterocycles. The van der Waals surface area contributed by atoms with Gasteiger partial charge in [-0.25, -0.2) is 0 Å². The van der Waals surface area contributed by atoms with Crippen LogP contribution in [0.15, 0.2) is 48.5 Å². The first-order valence-corrected chi connectivity index (χ1v) is 10.2. The summed E-state index contributed by atoms with van der Waals surface area (Å²) in [6.45, 7) is 0. The average Bonchev–Trinajstić information content (AvgIpc) is 3.04. The van der Waals surface area contributed by atoms with Gasteiger partial charge in [0.2, 0.25) is 0 Å². The molecule has 1 fully saturated rings. The van der Waals surface area contributed by atoms with E-state index in [0.29, 0.717) is 48.2 Å². The second-order valence-electron chi connectivity index (χ2n) is 8.32. The fraction of sp³-hybridized carbons (Fsp3) is 0.348. The van der Waals surface area contributed by atoms with E-state index >= 15 is 0 Å². The number of rotatable bonds is 2. The minimum Gasteiger partial charge on any atom is -0.375 e. The number of amides is 2. The third kappa shape index (κ3) is 2.36. The van der Waals surface area contributed by atoms with Crippen molar-refractivity contribution in [3.63, 3.8) is 0 Å². The molecule has 1 aliphatic carbocycles. The van der Waals surface area contributed by atoms with Gasteiger partial charge in [-0.05, 0) is 25.0 Å². The van der Waals surface area contributed by atoms with Crippen LogP contribution < -0.4 is 10.6 Å². The third-order valence-electron chi connectivity index (χ3n) is 6.80. The molecule has 7 nitrogen and oxygen atoms in total. The van der Waals surface area contributed by atoms with E-state index in [1.54, 1.807) is 48.5 Å². The van der Waals surface area contributed by atoms with Gasteiger partial charge in [-0.1, -0.05) is 49.2 Å². The smallest absolute Gasteiger partial charge is 0.261 e. The monoisotopic (exact) mass is 406 g/mol. The average molecular weight is 406 g/mol. The van der Waals surface area contributed by atoms with Crippen molar-refractivity contribution < 1.29 is 24.6 Å². The molecule has 0 saturated heterocycles. The molecule has 0 spiro atoms. The van der Waals surface area contributed by atoms with Gasteiger partial charge in [0.1, 0.15) is 5.78 Å². The van der Waals surface area contributed by atoms with Gasteiger partial charge in [0.05, 0.1) is 11.8 Å². The molecule has 3 aliphatic rings. The van der Waals surface area contributed by atoms with Gasteiger partial charge in [0, 0.05) is 22.5 Å². The number of para-hydroxylation sites is 2. The molecule has 2 aromatic carbocycles. The van der Waals surface area contributed by atoms with Crippen molar-refractivity contribution in [3.8, 4) is 0 Å². The highest BCUT2D eigenvalue weighted by Gasteiger charge is 2.60. The number of carbonyl (C=O) groups excluding carboxylic acids is 3. The number of hydrogen-bond donors (Lipinski definition) is 4. The van der Waals surface area contributed by atoms with Gasteiger partial charge in [-0.3, -0.25) is 14.4 Å². The van der Waals surface area contributed by atoms with Crippen LogP contribution in [0.25, 0.3) is 0 Å². The van der Waals surface area contributed by atoms with Gasteiger partial charge in [-0.2, -0.15) is 0 Å². The molecule has 2 aliphatic heterocycles. The molecule has 2 aromatic rings. The van der Waals surface area contributed by atoms with Crippen LogP contribution >= 0.6 is 0 Å². The number of anilines is 2. The van der Waals surface area contributed by atoms with Gasteiger partial charge in [0.15, 0.2) is 11.2 Å². The first kappa shape index (κ1) is 19.0. The van der Waals surface area contributed by atoms with E-state index in [-0.39, 0.29) is 0 Å². The number of ketones is 1. The maximum absolute atomic E-state index is 13.8. The van der Waals surface area contributed by atoms with E-state index < -0.39 is 40.6 Å². The summed E-state index contributed by atoms with van der Waals surface area (Å²) in [7, 11) is 0. The predicted molar refractivity (Wildman–Crippen MR) is 108 cm³/mol. The summed E-state index contributed by atoms with van der Waals surface area (Å²) in [6, 6.07) is 13.5. The largest absolute Gasteiger partial charge is 0.375 e. The van der Waals surface area contributed by atoms with Crippen LogP contribution in [0.1, 0.15) is 36.8 Å². The van der Waals surface area contributed by atoms with E-state index in [2.05, 4.69) is 10.6 Å². The fourth-order valence-corrected chi connectivity index (χ4v) is 5.27. The van der Waals surface area contributed by atoms with Crippen LogP contribution in [0.4, 0.5) is 11.4 Å². The zero-order chi connectivity index (χ0) is 21.1. The third-order valence-corrected chi connectivity index (χ3v) is 6.80. The number of Topliss-reactive ketones (excluding diaryl/α,β-unsaturated/α-hetero) is 1. The second-order valence-corrected chi connectivity index (χ2v) is 8.32. The van der Waals surface area contributed by atoms with Crippen LogP contribution in [0.2, 0.25) is 0 Å². The summed E-state index contributed by atoms with van der Waals surface area (Å²) in [4.78, 5) is 39.4. The minimum absolute atomic E-state index is 0.299. The highest BCUT2D eigenvalue weighted by atomic mass is 16.3. The molecule has 2 amide bonds. The Kier molecular flexibility index (Phi) is 4.10. The lowest BCUT2D eigenvalue weighted by Gasteiger charge is -2.35. The van der Waals surface area contributed by atoms with Crippen molar-refractivity contribution in [3.05, 3.63) is 59.7 Å². The maximum atomic E-state index is 13.8.